The Kier molecular flexibility index (Phi) is 7.39. The van der Waals surface area contributed by atoms with E-state index < -0.39 is 35.7 Å². The predicted molar refractivity (Wildman–Crippen MR) is 134 cm³/mol. The van der Waals surface area contributed by atoms with Gasteiger partial charge in [-0.3, -0.25) is 9.69 Å². The molecule has 0 spiro atoms. The second kappa shape index (κ2) is 10.4. The van der Waals surface area contributed by atoms with Gasteiger partial charge in [0.05, 0.1) is 41.1 Å². The van der Waals surface area contributed by atoms with E-state index in [2.05, 4.69) is 5.32 Å². The van der Waals surface area contributed by atoms with Gasteiger partial charge < -0.3 is 20.7 Å². The molecule has 3 atom stereocenters. The zero-order valence-electron chi connectivity index (χ0n) is 21.4. The lowest BCUT2D eigenvalue weighted by Gasteiger charge is -2.41. The Morgan fingerprint density at radius 1 is 1.23 bits per heavy atom. The average Bonchev–Trinajstić information content (AvgIpc) is 3.59. The van der Waals surface area contributed by atoms with Crippen LogP contribution in [0.2, 0.25) is 0 Å². The third-order valence-corrected chi connectivity index (χ3v) is 6.68. The molecule has 2 aromatic rings. The summed E-state index contributed by atoms with van der Waals surface area (Å²) in [6.45, 7) is 3.01. The number of hydrogen-bond acceptors (Lipinski definition) is 6. The van der Waals surface area contributed by atoms with Crippen molar-refractivity contribution in [2.75, 3.05) is 18.6 Å². The van der Waals surface area contributed by atoms with Gasteiger partial charge in [0.1, 0.15) is 0 Å². The van der Waals surface area contributed by atoms with E-state index >= 15 is 0 Å². The molecule has 2 aliphatic rings. The van der Waals surface area contributed by atoms with Gasteiger partial charge in [-0.1, -0.05) is 12.1 Å². The maximum absolute atomic E-state index is 13.7. The zero-order chi connectivity index (χ0) is 28.6. The highest BCUT2D eigenvalue weighted by molar-refractivity contribution is 6.04. The van der Waals surface area contributed by atoms with Crippen LogP contribution in [0.15, 0.2) is 53.7 Å². The number of nitrogens with two attached hydrogens (primary N) is 1. The molecule has 204 valence electrons. The number of hydrogen-bond donors (Lipinski definition) is 2. The van der Waals surface area contributed by atoms with E-state index in [9.17, 15) is 32.8 Å². The number of rotatable bonds is 6. The van der Waals surface area contributed by atoms with Crippen LogP contribution in [0.1, 0.15) is 53.4 Å². The largest absolute Gasteiger partial charge is 0.463 e. The van der Waals surface area contributed by atoms with Gasteiger partial charge in [0.25, 0.3) is 5.91 Å². The number of nitriles is 1. The fourth-order valence-corrected chi connectivity index (χ4v) is 4.57. The standard InChI is InChI=1S/C27H26F3N5O4/c1-4-39-25(37)22-14(2)35(17-7-5-6-16(11-17)27(28,29)30)26(38)34(3)23(22)18-9-8-15(13-31)10-19(18)24(36)33-21-12-20(21)32/h5-11,20-21,23H,4,12,32H2,1-3H3,(H,33,36)/t20-,21-,23?/m1/s1. The van der Waals surface area contributed by atoms with Gasteiger partial charge in [0.2, 0.25) is 0 Å². The molecule has 1 aliphatic carbocycles. The first-order valence-electron chi connectivity index (χ1n) is 12.1. The maximum atomic E-state index is 13.7. The van der Waals surface area contributed by atoms with E-state index in [0.717, 1.165) is 21.9 Å². The number of allylic oxidation sites excluding steroid dienone is 1. The van der Waals surface area contributed by atoms with Gasteiger partial charge >= 0.3 is 18.2 Å². The molecule has 2 aromatic carbocycles. The molecular weight excluding hydrogens is 515 g/mol. The number of benzene rings is 2. The number of urea groups is 1. The number of halogens is 3. The van der Waals surface area contributed by atoms with Crippen LogP contribution < -0.4 is 16.0 Å². The Balaban J connectivity index is 1.90. The van der Waals surface area contributed by atoms with Crippen LogP contribution in [0.5, 0.6) is 0 Å². The van der Waals surface area contributed by atoms with Crippen LogP contribution >= 0.6 is 0 Å². The summed E-state index contributed by atoms with van der Waals surface area (Å²) in [4.78, 5) is 42.3. The first kappa shape index (κ1) is 27.7. The number of likely N-dealkylation sites (N-methyl/N-ethyl adjacent to an activating group) is 1. The Morgan fingerprint density at radius 3 is 2.51 bits per heavy atom. The second-order valence-corrected chi connectivity index (χ2v) is 9.29. The molecule has 1 saturated carbocycles. The van der Waals surface area contributed by atoms with Gasteiger partial charge in [-0.25, -0.2) is 9.59 Å². The zero-order valence-corrected chi connectivity index (χ0v) is 21.4. The molecule has 39 heavy (non-hydrogen) atoms. The lowest BCUT2D eigenvalue weighted by molar-refractivity contribution is -0.139. The van der Waals surface area contributed by atoms with Crippen LogP contribution in [-0.2, 0) is 15.7 Å². The SMILES string of the molecule is CCOC(=O)C1=C(C)N(c2cccc(C(F)(F)F)c2)C(=O)N(C)C1c1ccc(C#N)cc1C(=O)N[C@@H]1C[C@H]1N. The van der Waals surface area contributed by atoms with Crippen molar-refractivity contribution in [3.8, 4) is 6.07 Å². The van der Waals surface area contributed by atoms with Crippen LogP contribution in [0.25, 0.3) is 0 Å². The Morgan fingerprint density at radius 2 is 1.92 bits per heavy atom. The summed E-state index contributed by atoms with van der Waals surface area (Å²) in [6.07, 6.45) is -4.07. The highest BCUT2D eigenvalue weighted by Gasteiger charge is 2.44. The number of esters is 1. The minimum atomic E-state index is -4.65. The quantitative estimate of drug-likeness (QED) is 0.535. The maximum Gasteiger partial charge on any atom is 0.416 e. The Bertz CT molecular complexity index is 1410. The molecule has 1 heterocycles. The predicted octanol–water partition coefficient (Wildman–Crippen LogP) is 3.86. The Labute approximate surface area is 222 Å². The van der Waals surface area contributed by atoms with Crippen molar-refractivity contribution in [3.63, 3.8) is 0 Å². The van der Waals surface area contributed by atoms with Crippen molar-refractivity contribution in [3.05, 3.63) is 76.0 Å². The van der Waals surface area contributed by atoms with E-state index in [4.69, 9.17) is 10.5 Å². The lowest BCUT2D eigenvalue weighted by atomic mass is 9.89. The van der Waals surface area contributed by atoms with Gasteiger partial charge in [0.15, 0.2) is 0 Å². The summed E-state index contributed by atoms with van der Waals surface area (Å²) in [7, 11) is 1.37. The normalized spacial score (nSPS) is 21.0. The first-order valence-corrected chi connectivity index (χ1v) is 12.1. The van der Waals surface area contributed by atoms with Crippen molar-refractivity contribution >= 4 is 23.6 Å². The summed E-state index contributed by atoms with van der Waals surface area (Å²) in [5, 5.41) is 12.2. The van der Waals surface area contributed by atoms with Crippen molar-refractivity contribution in [1.29, 1.82) is 5.26 Å². The molecule has 9 nitrogen and oxygen atoms in total. The van der Waals surface area contributed by atoms with Gasteiger partial charge in [-0.2, -0.15) is 18.4 Å². The molecule has 4 rings (SSSR count). The third kappa shape index (κ3) is 5.31. The average molecular weight is 542 g/mol. The van der Waals surface area contributed by atoms with E-state index in [1.165, 1.54) is 44.3 Å². The fourth-order valence-electron chi connectivity index (χ4n) is 4.57. The number of ether oxygens (including phenoxy) is 1. The van der Waals surface area contributed by atoms with Crippen molar-refractivity contribution in [2.24, 2.45) is 5.73 Å². The monoisotopic (exact) mass is 541 g/mol. The van der Waals surface area contributed by atoms with Crippen LogP contribution in [0.4, 0.5) is 23.7 Å². The first-order chi connectivity index (χ1) is 18.4. The molecule has 0 radical (unpaired) electrons. The molecule has 12 heteroatoms. The number of carbonyl (C=O) groups is 3. The van der Waals surface area contributed by atoms with Gasteiger partial charge in [-0.15, -0.1) is 0 Å². The van der Waals surface area contributed by atoms with E-state index in [1.54, 1.807) is 6.92 Å². The fraction of sp³-hybridized carbons (Fsp3) is 0.333. The van der Waals surface area contributed by atoms with E-state index in [1.807, 2.05) is 6.07 Å². The second-order valence-electron chi connectivity index (χ2n) is 9.29. The third-order valence-electron chi connectivity index (χ3n) is 6.68. The summed E-state index contributed by atoms with van der Waals surface area (Å²) in [5.74, 6) is -1.35. The van der Waals surface area contributed by atoms with Crippen molar-refractivity contribution in [2.45, 2.75) is 44.6 Å². The molecular formula is C27H26F3N5O4. The topological polar surface area (TPSA) is 129 Å². The Hall–Kier alpha value is -4.37. The number of nitrogens with one attached hydrogen (secondary N) is 1. The molecule has 1 unspecified atom stereocenters. The molecule has 3 amide bonds. The van der Waals surface area contributed by atoms with Gasteiger partial charge in [-0.05, 0) is 56.2 Å². The number of nitrogens with zero attached hydrogens (tertiary/aromatic N) is 3. The van der Waals surface area contributed by atoms with Crippen LogP contribution in [0, 0.1) is 11.3 Å². The summed E-state index contributed by atoms with van der Waals surface area (Å²) < 4.78 is 45.6. The number of amides is 3. The molecule has 0 aromatic heterocycles. The number of anilines is 1. The van der Waals surface area contributed by atoms with Crippen molar-refractivity contribution in [1.82, 2.24) is 10.2 Å². The minimum absolute atomic E-state index is 0.0101. The highest BCUT2D eigenvalue weighted by Crippen LogP contribution is 2.41. The summed E-state index contributed by atoms with van der Waals surface area (Å²) >= 11 is 0. The smallest absolute Gasteiger partial charge is 0.416 e. The lowest BCUT2D eigenvalue weighted by Crippen LogP contribution is -2.49. The van der Waals surface area contributed by atoms with Gasteiger partial charge in [0, 0.05) is 30.4 Å². The van der Waals surface area contributed by atoms with Crippen LogP contribution in [0.3, 0.4) is 0 Å². The molecule has 0 bridgehead atoms. The summed E-state index contributed by atoms with van der Waals surface area (Å²) in [6, 6.07) is 8.12. The molecule has 1 fully saturated rings. The number of carbonyl (C=O) groups excluding carboxylic acids is 3. The molecule has 1 aliphatic heterocycles. The van der Waals surface area contributed by atoms with Crippen LogP contribution in [-0.4, -0.2) is 48.5 Å². The van der Waals surface area contributed by atoms with E-state index in [0.29, 0.717) is 6.42 Å². The minimum Gasteiger partial charge on any atom is -0.463 e. The van der Waals surface area contributed by atoms with E-state index in [-0.39, 0.29) is 52.3 Å². The van der Waals surface area contributed by atoms with Crippen molar-refractivity contribution < 1.29 is 32.3 Å². The number of alkyl halides is 3. The highest BCUT2D eigenvalue weighted by atomic mass is 19.4. The summed E-state index contributed by atoms with van der Waals surface area (Å²) in [5.41, 5.74) is 5.24. The molecule has 0 saturated heterocycles. The molecule has 3 N–H and O–H groups in total.